The lowest BCUT2D eigenvalue weighted by Gasteiger charge is -2.09. The molecular weight excluding hydrogens is 334 g/mol. The smallest absolute Gasteiger partial charge is 0.396 e. The quantitative estimate of drug-likeness (QED) is 0.651. The molecule has 3 aromatic rings. The molecule has 0 unspecified atom stereocenters. The number of esters is 1. The standard InChI is InChI=1S/C17H12F2N2O4/c1-2-23-17(22)16-21-20-15(25-16)11-5-3-4-6-13(11)24-14-8-7-10(18)9-12(14)19/h3-9H,2H2,1H3. The van der Waals surface area contributed by atoms with Crippen molar-refractivity contribution < 1.29 is 27.5 Å². The van der Waals surface area contributed by atoms with Crippen molar-refractivity contribution in [1.29, 1.82) is 0 Å². The fraction of sp³-hybridized carbons (Fsp3) is 0.118. The number of nitrogens with zero attached hydrogens (tertiary/aromatic N) is 2. The molecule has 0 aliphatic heterocycles. The fourth-order valence-corrected chi connectivity index (χ4v) is 2.02. The zero-order chi connectivity index (χ0) is 17.8. The third kappa shape index (κ3) is 3.63. The number of aromatic nitrogens is 2. The topological polar surface area (TPSA) is 74.5 Å². The molecule has 0 saturated carbocycles. The Balaban J connectivity index is 1.92. The molecule has 0 saturated heterocycles. The normalized spacial score (nSPS) is 10.5. The molecule has 3 rings (SSSR count). The minimum Gasteiger partial charge on any atom is -0.459 e. The van der Waals surface area contributed by atoms with Gasteiger partial charge in [0.25, 0.3) is 5.89 Å². The molecule has 0 spiro atoms. The van der Waals surface area contributed by atoms with Gasteiger partial charge in [-0.15, -0.1) is 10.2 Å². The van der Waals surface area contributed by atoms with E-state index >= 15 is 0 Å². The highest BCUT2D eigenvalue weighted by atomic mass is 19.1. The highest BCUT2D eigenvalue weighted by molar-refractivity contribution is 5.84. The van der Waals surface area contributed by atoms with E-state index in [0.29, 0.717) is 11.6 Å². The number of para-hydroxylation sites is 1. The number of ether oxygens (including phenoxy) is 2. The molecule has 0 amide bonds. The summed E-state index contributed by atoms with van der Waals surface area (Å²) < 4.78 is 42.3. The van der Waals surface area contributed by atoms with Crippen LogP contribution in [0.25, 0.3) is 11.5 Å². The van der Waals surface area contributed by atoms with Gasteiger partial charge in [0.2, 0.25) is 0 Å². The van der Waals surface area contributed by atoms with Crippen molar-refractivity contribution in [1.82, 2.24) is 10.2 Å². The summed E-state index contributed by atoms with van der Waals surface area (Å²) in [5, 5.41) is 7.40. The fourth-order valence-electron chi connectivity index (χ4n) is 2.02. The van der Waals surface area contributed by atoms with Crippen molar-refractivity contribution in [3.8, 4) is 23.0 Å². The first kappa shape index (κ1) is 16.6. The third-order valence-electron chi connectivity index (χ3n) is 3.11. The van der Waals surface area contributed by atoms with Crippen LogP contribution in [0.15, 0.2) is 46.9 Å². The Hall–Kier alpha value is -3.29. The molecule has 0 bridgehead atoms. The molecule has 8 heteroatoms. The largest absolute Gasteiger partial charge is 0.459 e. The van der Waals surface area contributed by atoms with E-state index in [1.807, 2.05) is 0 Å². The molecule has 0 atom stereocenters. The van der Waals surface area contributed by atoms with E-state index in [4.69, 9.17) is 13.9 Å². The van der Waals surface area contributed by atoms with Crippen LogP contribution < -0.4 is 4.74 Å². The Kier molecular flexibility index (Phi) is 4.69. The highest BCUT2D eigenvalue weighted by Gasteiger charge is 2.19. The van der Waals surface area contributed by atoms with Crippen LogP contribution in [0, 0.1) is 11.6 Å². The van der Waals surface area contributed by atoms with Gasteiger partial charge in [0, 0.05) is 6.07 Å². The number of hydrogen-bond acceptors (Lipinski definition) is 6. The third-order valence-corrected chi connectivity index (χ3v) is 3.11. The predicted octanol–water partition coefficient (Wildman–Crippen LogP) is 3.98. The van der Waals surface area contributed by atoms with E-state index in [1.54, 1.807) is 31.2 Å². The molecule has 2 aromatic carbocycles. The Morgan fingerprint density at radius 3 is 2.68 bits per heavy atom. The van der Waals surface area contributed by atoms with Gasteiger partial charge in [-0.25, -0.2) is 13.6 Å². The highest BCUT2D eigenvalue weighted by Crippen LogP contribution is 2.33. The molecule has 6 nitrogen and oxygen atoms in total. The Morgan fingerprint density at radius 1 is 1.12 bits per heavy atom. The van der Waals surface area contributed by atoms with Gasteiger partial charge in [-0.1, -0.05) is 12.1 Å². The molecular formula is C17H12F2N2O4. The Labute approximate surface area is 141 Å². The molecule has 0 fully saturated rings. The molecule has 1 heterocycles. The zero-order valence-electron chi connectivity index (χ0n) is 13.0. The number of rotatable bonds is 5. The molecule has 0 N–H and O–H groups in total. The zero-order valence-corrected chi connectivity index (χ0v) is 13.0. The lowest BCUT2D eigenvalue weighted by atomic mass is 10.2. The van der Waals surface area contributed by atoms with Crippen LogP contribution in [0.5, 0.6) is 11.5 Å². The van der Waals surface area contributed by atoms with Gasteiger partial charge in [0.05, 0.1) is 12.2 Å². The summed E-state index contributed by atoms with van der Waals surface area (Å²) in [6, 6.07) is 9.43. The lowest BCUT2D eigenvalue weighted by molar-refractivity contribution is 0.0481. The maximum atomic E-state index is 13.8. The average Bonchev–Trinajstić information content (AvgIpc) is 3.08. The number of carbonyl (C=O) groups excluding carboxylic acids is 1. The second-order valence-corrected chi connectivity index (χ2v) is 4.81. The monoisotopic (exact) mass is 346 g/mol. The first-order valence-corrected chi connectivity index (χ1v) is 7.31. The van der Waals surface area contributed by atoms with Crippen LogP contribution >= 0.6 is 0 Å². The van der Waals surface area contributed by atoms with E-state index < -0.39 is 17.6 Å². The van der Waals surface area contributed by atoms with Gasteiger partial charge in [-0.05, 0) is 31.2 Å². The van der Waals surface area contributed by atoms with Crippen LogP contribution in [0.1, 0.15) is 17.6 Å². The average molecular weight is 346 g/mol. The van der Waals surface area contributed by atoms with Crippen molar-refractivity contribution in [2.45, 2.75) is 6.92 Å². The van der Waals surface area contributed by atoms with Crippen molar-refractivity contribution in [3.63, 3.8) is 0 Å². The van der Waals surface area contributed by atoms with Crippen molar-refractivity contribution in [3.05, 3.63) is 60.0 Å². The van der Waals surface area contributed by atoms with Gasteiger partial charge in [0.1, 0.15) is 11.6 Å². The second-order valence-electron chi connectivity index (χ2n) is 4.81. The van der Waals surface area contributed by atoms with Gasteiger partial charge in [-0.3, -0.25) is 0 Å². The van der Waals surface area contributed by atoms with Gasteiger partial charge in [0.15, 0.2) is 11.6 Å². The Bertz CT molecular complexity index is 911. The summed E-state index contributed by atoms with van der Waals surface area (Å²) in [6.07, 6.45) is 0. The summed E-state index contributed by atoms with van der Waals surface area (Å²) in [5.74, 6) is -2.59. The van der Waals surface area contributed by atoms with E-state index in [2.05, 4.69) is 10.2 Å². The summed E-state index contributed by atoms with van der Waals surface area (Å²) in [6.45, 7) is 1.82. The van der Waals surface area contributed by atoms with E-state index in [9.17, 15) is 13.6 Å². The van der Waals surface area contributed by atoms with Crippen molar-refractivity contribution in [2.75, 3.05) is 6.61 Å². The minimum atomic E-state index is -0.854. The molecule has 0 radical (unpaired) electrons. The van der Waals surface area contributed by atoms with Gasteiger partial charge in [-0.2, -0.15) is 0 Å². The SMILES string of the molecule is CCOC(=O)c1nnc(-c2ccccc2Oc2ccc(F)cc2F)o1. The molecule has 128 valence electrons. The number of halogens is 2. The van der Waals surface area contributed by atoms with Crippen LogP contribution in [0.3, 0.4) is 0 Å². The maximum absolute atomic E-state index is 13.8. The summed E-state index contributed by atoms with van der Waals surface area (Å²) >= 11 is 0. The van der Waals surface area contributed by atoms with Crippen LogP contribution in [-0.4, -0.2) is 22.8 Å². The molecule has 25 heavy (non-hydrogen) atoms. The number of carbonyl (C=O) groups is 1. The van der Waals surface area contributed by atoms with Gasteiger partial charge >= 0.3 is 11.9 Å². The molecule has 0 aliphatic rings. The van der Waals surface area contributed by atoms with Crippen LogP contribution in [-0.2, 0) is 4.74 Å². The van der Waals surface area contributed by atoms with E-state index in [1.165, 1.54) is 6.07 Å². The predicted molar refractivity (Wildman–Crippen MR) is 82.1 cm³/mol. The van der Waals surface area contributed by atoms with E-state index in [-0.39, 0.29) is 29.9 Å². The molecule has 1 aromatic heterocycles. The van der Waals surface area contributed by atoms with E-state index in [0.717, 1.165) is 6.07 Å². The summed E-state index contributed by atoms with van der Waals surface area (Å²) in [7, 11) is 0. The van der Waals surface area contributed by atoms with Crippen molar-refractivity contribution in [2.24, 2.45) is 0 Å². The number of hydrogen-bond donors (Lipinski definition) is 0. The first-order chi connectivity index (χ1) is 12.1. The maximum Gasteiger partial charge on any atom is 0.396 e. The van der Waals surface area contributed by atoms with Crippen LogP contribution in [0.4, 0.5) is 8.78 Å². The second kappa shape index (κ2) is 7.08. The Morgan fingerprint density at radius 2 is 1.92 bits per heavy atom. The first-order valence-electron chi connectivity index (χ1n) is 7.31. The molecule has 0 aliphatic carbocycles. The summed E-state index contributed by atoms with van der Waals surface area (Å²) in [4.78, 5) is 11.6. The van der Waals surface area contributed by atoms with Crippen LogP contribution in [0.2, 0.25) is 0 Å². The number of benzene rings is 2. The van der Waals surface area contributed by atoms with Crippen molar-refractivity contribution >= 4 is 5.97 Å². The lowest BCUT2D eigenvalue weighted by Crippen LogP contribution is -2.04. The minimum absolute atomic E-state index is 0.00109. The summed E-state index contributed by atoms with van der Waals surface area (Å²) in [5.41, 5.74) is 0.342. The van der Waals surface area contributed by atoms with Gasteiger partial charge < -0.3 is 13.9 Å².